The molecular weight excluding hydrogens is 493 g/mol. The minimum Gasteiger partial charge on any atom is -0.871 e. The van der Waals surface area contributed by atoms with Crippen molar-refractivity contribution in [1.29, 1.82) is 0 Å². The number of hydrogen-bond acceptors (Lipinski definition) is 7. The van der Waals surface area contributed by atoms with Crippen molar-refractivity contribution in [3.8, 4) is 5.75 Å². The summed E-state index contributed by atoms with van der Waals surface area (Å²) in [5, 5.41) is 41.5. The van der Waals surface area contributed by atoms with E-state index in [-0.39, 0.29) is 39.1 Å². The molecule has 0 saturated carbocycles. The molecule has 0 saturated heterocycles. The third-order valence-corrected chi connectivity index (χ3v) is 8.88. The summed E-state index contributed by atoms with van der Waals surface area (Å²) in [5.74, 6) is -0.806. The van der Waals surface area contributed by atoms with Gasteiger partial charge in [-0.05, 0) is 23.9 Å². The van der Waals surface area contributed by atoms with E-state index in [0.29, 0.717) is 16.1 Å². The summed E-state index contributed by atoms with van der Waals surface area (Å²) in [6, 6.07) is 3.38. The Hall–Kier alpha value is -1.45. The van der Waals surface area contributed by atoms with Gasteiger partial charge in [-0.3, -0.25) is 4.98 Å². The van der Waals surface area contributed by atoms with Gasteiger partial charge < -0.3 is 15.3 Å². The molecule has 29 heavy (non-hydrogen) atoms. The first-order chi connectivity index (χ1) is 14.0. The number of hydrogen-bond donors (Lipinski definition) is 1. The fourth-order valence-electron chi connectivity index (χ4n) is 2.23. The molecule has 0 unspecified atom stereocenters. The van der Waals surface area contributed by atoms with E-state index in [4.69, 9.17) is 5.11 Å². The molecule has 8 heteroatoms. The Morgan fingerprint density at radius 2 is 1.97 bits per heavy atom. The molecule has 0 aliphatic heterocycles. The molecule has 0 aromatic carbocycles. The van der Waals surface area contributed by atoms with Crippen LogP contribution >= 0.6 is 11.3 Å². The first-order valence-corrected chi connectivity index (χ1v) is 14.8. The second kappa shape index (κ2) is 15.4. The van der Waals surface area contributed by atoms with Crippen LogP contribution in [0.25, 0.3) is 0 Å². The number of unbranched alkanes of at least 4 members (excludes halogenated alkanes) is 2. The number of pyridine rings is 1. The number of aliphatic hydroxyl groups is 1. The van der Waals surface area contributed by atoms with Crippen LogP contribution < -0.4 is 10.2 Å². The second-order valence-corrected chi connectivity index (χ2v) is 11.6. The topological polar surface area (TPSA) is 104 Å². The Morgan fingerprint density at radius 1 is 1.28 bits per heavy atom. The van der Waals surface area contributed by atoms with E-state index in [1.54, 1.807) is 33.3 Å². The number of nitrogens with zero attached hydrogens (tertiary/aromatic N) is 3. The first kappa shape index (κ1) is 25.6. The third kappa shape index (κ3) is 9.73. The summed E-state index contributed by atoms with van der Waals surface area (Å²) in [5.41, 5.74) is 0.846. The van der Waals surface area contributed by atoms with Gasteiger partial charge in [0, 0.05) is 28.2 Å². The van der Waals surface area contributed by atoms with E-state index in [1.165, 1.54) is 49.4 Å². The van der Waals surface area contributed by atoms with Gasteiger partial charge in [0.2, 0.25) is 0 Å². The Labute approximate surface area is 187 Å². The van der Waals surface area contributed by atoms with Gasteiger partial charge in [0.25, 0.3) is 0 Å². The molecule has 2 aromatic heterocycles. The number of aliphatic hydroxyl groups excluding tert-OH is 1. The predicted molar refractivity (Wildman–Crippen MR) is 118 cm³/mol. The summed E-state index contributed by atoms with van der Waals surface area (Å²) in [7, 11) is 0. The van der Waals surface area contributed by atoms with E-state index < -0.39 is 5.90 Å². The maximum absolute atomic E-state index is 11.9. The first-order valence-electron chi connectivity index (χ1n) is 9.84. The normalized spacial score (nSPS) is 11.2. The SMILES string of the molecule is CCC[CH2][Sn+2][CH2]CCC.Cc1ncc(CO)c(/C=N/N=C(\[O-])c2cccs2)c1[O-]. The van der Waals surface area contributed by atoms with Crippen molar-refractivity contribution in [2.24, 2.45) is 10.2 Å². The van der Waals surface area contributed by atoms with Crippen LogP contribution in [0.3, 0.4) is 0 Å². The van der Waals surface area contributed by atoms with Gasteiger partial charge in [0.05, 0.1) is 12.8 Å². The van der Waals surface area contributed by atoms with Crippen LogP contribution in [0.1, 0.15) is 61.2 Å². The van der Waals surface area contributed by atoms with E-state index in [9.17, 15) is 10.2 Å². The van der Waals surface area contributed by atoms with Crippen LogP contribution in [-0.2, 0) is 6.61 Å². The molecule has 0 radical (unpaired) electrons. The summed E-state index contributed by atoms with van der Waals surface area (Å²) in [4.78, 5) is 4.33. The van der Waals surface area contributed by atoms with E-state index in [2.05, 4.69) is 29.0 Å². The average Bonchev–Trinajstić information content (AvgIpc) is 3.27. The molecule has 0 aliphatic rings. The summed E-state index contributed by atoms with van der Waals surface area (Å²) >= 11 is 1.41. The number of thiophene rings is 1. The van der Waals surface area contributed by atoms with Gasteiger partial charge in [-0.1, -0.05) is 11.8 Å². The zero-order chi connectivity index (χ0) is 21.5. The molecule has 0 aliphatic carbocycles. The van der Waals surface area contributed by atoms with Gasteiger partial charge in [-0.25, -0.2) is 0 Å². The summed E-state index contributed by atoms with van der Waals surface area (Å²) in [6.45, 7) is 5.82. The molecule has 0 spiro atoms. The standard InChI is InChI=1S/C13H13N3O3S.2C4H9.Sn/c1-8-12(18)10(9(7-17)5-14-8)6-15-16-13(19)11-3-2-4-20-11;2*1-3-4-2;/h2-6,17-18H,7H2,1H3,(H,16,19);2*1,3-4H2,2H3;/q;;;+2/p-2/b15-6+;;;. The van der Waals surface area contributed by atoms with E-state index in [1.807, 2.05) is 0 Å². The van der Waals surface area contributed by atoms with E-state index >= 15 is 0 Å². The van der Waals surface area contributed by atoms with Gasteiger partial charge in [-0.2, -0.15) is 10.2 Å². The van der Waals surface area contributed by atoms with Crippen molar-refractivity contribution in [3.63, 3.8) is 0 Å². The molecule has 2 heterocycles. The fraction of sp³-hybridized carbons (Fsp3) is 0.476. The predicted octanol–water partition coefficient (Wildman–Crippen LogP) is 3.29. The number of rotatable bonds is 10. The van der Waals surface area contributed by atoms with Crippen LogP contribution in [0.4, 0.5) is 0 Å². The van der Waals surface area contributed by atoms with Gasteiger partial charge in [-0.15, -0.1) is 11.3 Å². The van der Waals surface area contributed by atoms with Crippen LogP contribution in [0.2, 0.25) is 8.87 Å². The molecule has 0 bridgehead atoms. The fourth-order valence-corrected chi connectivity index (χ4v) is 6.99. The number of aryl methyl sites for hydroxylation is 1. The van der Waals surface area contributed by atoms with Crippen LogP contribution in [0, 0.1) is 6.92 Å². The smallest absolute Gasteiger partial charge is 0.0703 e. The number of aromatic nitrogens is 1. The van der Waals surface area contributed by atoms with E-state index in [0.717, 1.165) is 0 Å². The van der Waals surface area contributed by atoms with Gasteiger partial charge >= 0.3 is 69.5 Å². The molecule has 6 nitrogen and oxygen atoms in total. The van der Waals surface area contributed by atoms with Crippen molar-refractivity contribution in [1.82, 2.24) is 4.98 Å². The molecule has 0 fully saturated rings. The van der Waals surface area contributed by atoms with Crippen LogP contribution in [0.5, 0.6) is 5.75 Å². The minimum atomic E-state index is -0.472. The van der Waals surface area contributed by atoms with Crippen molar-refractivity contribution in [2.45, 2.75) is 61.9 Å². The van der Waals surface area contributed by atoms with Gasteiger partial charge in [0.15, 0.2) is 0 Å². The molecular formula is C21H29N3O3SSn. The second-order valence-electron chi connectivity index (χ2n) is 6.35. The maximum atomic E-state index is 11.9. The van der Waals surface area contributed by atoms with Crippen molar-refractivity contribution in [2.75, 3.05) is 0 Å². The van der Waals surface area contributed by atoms with Crippen molar-refractivity contribution < 1.29 is 15.3 Å². The molecule has 0 amide bonds. The minimum absolute atomic E-state index is 0.149. The van der Waals surface area contributed by atoms with Crippen molar-refractivity contribution >= 4 is 44.6 Å². The molecule has 0 atom stereocenters. The molecule has 2 aromatic rings. The van der Waals surface area contributed by atoms with Crippen molar-refractivity contribution in [3.05, 3.63) is 45.4 Å². The third-order valence-electron chi connectivity index (χ3n) is 3.99. The summed E-state index contributed by atoms with van der Waals surface area (Å²) in [6.07, 6.45) is 8.42. The Kier molecular flexibility index (Phi) is 13.6. The zero-order valence-corrected chi connectivity index (χ0v) is 21.0. The summed E-state index contributed by atoms with van der Waals surface area (Å²) < 4.78 is 3.25. The monoisotopic (exact) mass is 523 g/mol. The largest absolute Gasteiger partial charge is 0.871 e. The van der Waals surface area contributed by atoms with Gasteiger partial charge in [0.1, 0.15) is 0 Å². The maximum Gasteiger partial charge on any atom is 0.0703 e. The van der Waals surface area contributed by atoms with Crippen LogP contribution in [-0.4, -0.2) is 43.3 Å². The quantitative estimate of drug-likeness (QED) is 0.170. The Bertz CT molecular complexity index is 759. The molecule has 1 N–H and O–H groups in total. The molecule has 2 rings (SSSR count). The Morgan fingerprint density at radius 3 is 2.52 bits per heavy atom. The molecule has 156 valence electrons. The van der Waals surface area contributed by atoms with Crippen LogP contribution in [0.15, 0.2) is 33.9 Å². The average molecular weight is 522 g/mol. The Balaban J connectivity index is 0.000000396. The zero-order valence-electron chi connectivity index (χ0n) is 17.4.